The third-order valence-electron chi connectivity index (χ3n) is 3.11. The number of nitrogens with one attached hydrogen (secondary N) is 1. The minimum Gasteiger partial charge on any atom is -0.308 e. The van der Waals surface area contributed by atoms with E-state index >= 15 is 0 Å². The fourth-order valence-electron chi connectivity index (χ4n) is 2.09. The molecule has 0 aliphatic heterocycles. The number of aromatic nitrogens is 1. The number of halogens is 2. The molecule has 2 aromatic rings. The number of nitrogens with zero attached hydrogens (tertiary/aromatic N) is 1. The van der Waals surface area contributed by atoms with Crippen molar-refractivity contribution >= 4 is 23.2 Å². The molecule has 4 heteroatoms. The molecule has 0 aliphatic carbocycles. The molecule has 0 saturated carbocycles. The van der Waals surface area contributed by atoms with Crippen LogP contribution >= 0.6 is 23.2 Å². The van der Waals surface area contributed by atoms with Gasteiger partial charge in [-0.2, -0.15) is 0 Å². The van der Waals surface area contributed by atoms with Gasteiger partial charge in [-0.3, -0.25) is 4.98 Å². The quantitative estimate of drug-likeness (QED) is 0.838. The van der Waals surface area contributed by atoms with Crippen molar-refractivity contribution in [2.24, 2.45) is 0 Å². The first-order valence-corrected chi connectivity index (χ1v) is 7.54. The number of hydrogen-bond acceptors (Lipinski definition) is 2. The maximum absolute atomic E-state index is 6.27. The highest BCUT2D eigenvalue weighted by molar-refractivity contribution is 6.31. The van der Waals surface area contributed by atoms with Crippen LogP contribution in [0.15, 0.2) is 42.6 Å². The summed E-state index contributed by atoms with van der Waals surface area (Å²) in [5, 5.41) is 4.97. The van der Waals surface area contributed by atoms with Crippen LogP contribution in [0.2, 0.25) is 10.0 Å². The zero-order chi connectivity index (χ0) is 14.4. The van der Waals surface area contributed by atoms with E-state index in [1.165, 1.54) is 5.56 Å². The maximum Gasteiger partial charge on any atom is 0.0762 e. The lowest BCUT2D eigenvalue weighted by molar-refractivity contribution is 0.518. The monoisotopic (exact) mass is 308 g/mol. The highest BCUT2D eigenvalue weighted by Crippen LogP contribution is 2.24. The van der Waals surface area contributed by atoms with Crippen LogP contribution in [0.4, 0.5) is 0 Å². The summed E-state index contributed by atoms with van der Waals surface area (Å²) in [5.74, 6) is 0. The molecule has 1 aromatic carbocycles. The van der Waals surface area contributed by atoms with Crippen LogP contribution in [0.5, 0.6) is 0 Å². The van der Waals surface area contributed by atoms with Gasteiger partial charge in [-0.05, 0) is 49.2 Å². The molecule has 0 bridgehead atoms. The summed E-state index contributed by atoms with van der Waals surface area (Å²) in [6.07, 6.45) is 3.69. The first-order valence-electron chi connectivity index (χ1n) is 6.79. The van der Waals surface area contributed by atoms with E-state index < -0.39 is 0 Å². The van der Waals surface area contributed by atoms with Crippen molar-refractivity contribution in [3.8, 4) is 0 Å². The molecule has 106 valence electrons. The van der Waals surface area contributed by atoms with Crippen molar-refractivity contribution in [2.75, 3.05) is 6.54 Å². The SMILES string of the molecule is CCCNC(Cc1ccc(Cl)cc1)c1ncccc1Cl. The Morgan fingerprint density at radius 3 is 2.55 bits per heavy atom. The van der Waals surface area contributed by atoms with E-state index in [1.54, 1.807) is 6.20 Å². The Morgan fingerprint density at radius 2 is 1.90 bits per heavy atom. The summed E-state index contributed by atoms with van der Waals surface area (Å²) in [4.78, 5) is 4.42. The van der Waals surface area contributed by atoms with Gasteiger partial charge in [-0.25, -0.2) is 0 Å². The van der Waals surface area contributed by atoms with Crippen LogP contribution in [-0.4, -0.2) is 11.5 Å². The zero-order valence-electron chi connectivity index (χ0n) is 11.4. The van der Waals surface area contributed by atoms with Gasteiger partial charge in [0.2, 0.25) is 0 Å². The van der Waals surface area contributed by atoms with E-state index in [0.717, 1.165) is 30.1 Å². The second kappa shape index (κ2) is 7.63. The molecular formula is C16H18Cl2N2. The van der Waals surface area contributed by atoms with Gasteiger partial charge in [0.15, 0.2) is 0 Å². The molecule has 1 atom stereocenters. The van der Waals surface area contributed by atoms with Crippen LogP contribution in [0, 0.1) is 0 Å². The average molecular weight is 309 g/mol. The molecule has 2 nitrogen and oxygen atoms in total. The second-order valence-corrected chi connectivity index (χ2v) is 5.55. The fourth-order valence-corrected chi connectivity index (χ4v) is 2.47. The standard InChI is InChI=1S/C16H18Cl2N2/c1-2-9-19-15(16-14(18)4-3-10-20-16)11-12-5-7-13(17)8-6-12/h3-8,10,15,19H,2,9,11H2,1H3. The number of rotatable bonds is 6. The normalized spacial score (nSPS) is 12.3. The molecule has 0 fully saturated rings. The molecule has 1 heterocycles. The van der Waals surface area contributed by atoms with Gasteiger partial charge < -0.3 is 5.32 Å². The lowest BCUT2D eigenvalue weighted by Crippen LogP contribution is -2.25. The fraction of sp³-hybridized carbons (Fsp3) is 0.312. The molecule has 0 spiro atoms. The van der Waals surface area contributed by atoms with Gasteiger partial charge in [0.25, 0.3) is 0 Å². The van der Waals surface area contributed by atoms with Crippen LogP contribution in [-0.2, 0) is 6.42 Å². The minimum atomic E-state index is 0.116. The average Bonchev–Trinajstić information content (AvgIpc) is 2.46. The molecule has 0 saturated heterocycles. The van der Waals surface area contributed by atoms with E-state index in [2.05, 4.69) is 17.2 Å². The Balaban J connectivity index is 2.19. The van der Waals surface area contributed by atoms with Crippen LogP contribution < -0.4 is 5.32 Å². The van der Waals surface area contributed by atoms with Gasteiger partial charge in [0.05, 0.1) is 16.8 Å². The lowest BCUT2D eigenvalue weighted by atomic mass is 10.0. The van der Waals surface area contributed by atoms with E-state index in [-0.39, 0.29) is 6.04 Å². The van der Waals surface area contributed by atoms with Gasteiger partial charge in [0.1, 0.15) is 0 Å². The number of hydrogen-bond donors (Lipinski definition) is 1. The Bertz CT molecular complexity index is 540. The lowest BCUT2D eigenvalue weighted by Gasteiger charge is -2.19. The molecule has 1 unspecified atom stereocenters. The van der Waals surface area contributed by atoms with E-state index in [1.807, 2.05) is 36.4 Å². The molecule has 0 amide bonds. The van der Waals surface area contributed by atoms with E-state index in [4.69, 9.17) is 23.2 Å². The largest absolute Gasteiger partial charge is 0.308 e. The Morgan fingerprint density at radius 1 is 1.15 bits per heavy atom. The minimum absolute atomic E-state index is 0.116. The van der Waals surface area contributed by atoms with Gasteiger partial charge in [-0.1, -0.05) is 42.3 Å². The molecule has 0 aliphatic rings. The van der Waals surface area contributed by atoms with Crippen molar-refractivity contribution < 1.29 is 0 Å². The summed E-state index contributed by atoms with van der Waals surface area (Å²) in [5.41, 5.74) is 2.11. The van der Waals surface area contributed by atoms with Crippen molar-refractivity contribution in [3.63, 3.8) is 0 Å². The summed E-state index contributed by atoms with van der Waals surface area (Å²) in [7, 11) is 0. The zero-order valence-corrected chi connectivity index (χ0v) is 13.0. The highest BCUT2D eigenvalue weighted by Gasteiger charge is 2.15. The van der Waals surface area contributed by atoms with Crippen molar-refractivity contribution in [1.29, 1.82) is 0 Å². The predicted octanol–water partition coefficient (Wildman–Crippen LogP) is 4.67. The molecular weight excluding hydrogens is 291 g/mol. The third kappa shape index (κ3) is 4.20. The Kier molecular flexibility index (Phi) is 5.84. The summed E-state index contributed by atoms with van der Waals surface area (Å²) < 4.78 is 0. The molecule has 1 aromatic heterocycles. The Hall–Kier alpha value is -1.09. The van der Waals surface area contributed by atoms with Crippen molar-refractivity contribution in [1.82, 2.24) is 10.3 Å². The van der Waals surface area contributed by atoms with Gasteiger partial charge in [-0.15, -0.1) is 0 Å². The molecule has 2 rings (SSSR count). The van der Waals surface area contributed by atoms with Crippen LogP contribution in [0.3, 0.4) is 0 Å². The predicted molar refractivity (Wildman–Crippen MR) is 85.4 cm³/mol. The van der Waals surface area contributed by atoms with Gasteiger partial charge in [0, 0.05) is 11.2 Å². The van der Waals surface area contributed by atoms with Gasteiger partial charge >= 0.3 is 0 Å². The van der Waals surface area contributed by atoms with Crippen molar-refractivity contribution in [3.05, 3.63) is 63.9 Å². The Labute approximate surface area is 130 Å². The smallest absolute Gasteiger partial charge is 0.0762 e. The highest BCUT2D eigenvalue weighted by atomic mass is 35.5. The van der Waals surface area contributed by atoms with E-state index in [0.29, 0.717) is 5.02 Å². The molecule has 0 radical (unpaired) electrons. The first kappa shape index (κ1) is 15.3. The summed E-state index contributed by atoms with van der Waals surface area (Å²) in [6, 6.07) is 11.8. The molecule has 20 heavy (non-hydrogen) atoms. The second-order valence-electron chi connectivity index (χ2n) is 4.71. The summed E-state index contributed by atoms with van der Waals surface area (Å²) in [6.45, 7) is 3.08. The topological polar surface area (TPSA) is 24.9 Å². The first-order chi connectivity index (χ1) is 9.70. The van der Waals surface area contributed by atoms with Crippen LogP contribution in [0.25, 0.3) is 0 Å². The third-order valence-corrected chi connectivity index (χ3v) is 3.68. The number of pyridine rings is 1. The van der Waals surface area contributed by atoms with Crippen LogP contribution in [0.1, 0.15) is 30.6 Å². The van der Waals surface area contributed by atoms with E-state index in [9.17, 15) is 0 Å². The maximum atomic E-state index is 6.27. The number of benzene rings is 1. The molecule has 1 N–H and O–H groups in total. The summed E-state index contributed by atoms with van der Waals surface area (Å²) >= 11 is 12.2. The van der Waals surface area contributed by atoms with Crippen molar-refractivity contribution in [2.45, 2.75) is 25.8 Å².